The molecular formula is C11H16N2O2S. The second kappa shape index (κ2) is 3.73. The van der Waals surface area contributed by atoms with Crippen molar-refractivity contribution in [3.63, 3.8) is 0 Å². The molecule has 1 aliphatic heterocycles. The van der Waals surface area contributed by atoms with Crippen LogP contribution in [0.3, 0.4) is 0 Å². The van der Waals surface area contributed by atoms with Crippen LogP contribution in [0.4, 0.5) is 5.13 Å². The van der Waals surface area contributed by atoms with Crippen LogP contribution in [0, 0.1) is 11.8 Å². The van der Waals surface area contributed by atoms with Gasteiger partial charge in [0, 0.05) is 11.8 Å². The van der Waals surface area contributed by atoms with Crippen molar-refractivity contribution in [1.29, 1.82) is 0 Å². The third kappa shape index (κ3) is 1.80. The maximum Gasteiger partial charge on any atom is 0.310 e. The van der Waals surface area contributed by atoms with Crippen molar-refractivity contribution in [3.8, 4) is 0 Å². The zero-order chi connectivity index (χ0) is 11.9. The minimum Gasteiger partial charge on any atom is -0.453 e. The lowest BCUT2D eigenvalue weighted by Crippen LogP contribution is -2.21. The highest BCUT2D eigenvalue weighted by Crippen LogP contribution is 2.42. The summed E-state index contributed by atoms with van der Waals surface area (Å²) in [5.74, 6) is 0.141. The number of anilines is 1. The molecule has 1 saturated heterocycles. The van der Waals surface area contributed by atoms with E-state index in [-0.39, 0.29) is 11.9 Å². The van der Waals surface area contributed by atoms with E-state index in [1.165, 1.54) is 11.3 Å². The third-order valence-corrected chi connectivity index (χ3v) is 3.78. The van der Waals surface area contributed by atoms with Gasteiger partial charge in [0.2, 0.25) is 0 Å². The van der Waals surface area contributed by atoms with Gasteiger partial charge in [-0.2, -0.15) is 0 Å². The molecule has 2 atom stereocenters. The Hall–Kier alpha value is -1.10. The number of cyclic esters (lactones) is 1. The number of thiazole rings is 1. The number of nitrogen functional groups attached to an aromatic ring is 1. The first-order chi connectivity index (χ1) is 7.42. The summed E-state index contributed by atoms with van der Waals surface area (Å²) in [6.45, 7) is 5.97. The van der Waals surface area contributed by atoms with E-state index in [2.05, 4.69) is 4.98 Å². The predicted octanol–water partition coefficient (Wildman–Crippen LogP) is 2.16. The van der Waals surface area contributed by atoms with Gasteiger partial charge < -0.3 is 10.5 Å². The molecule has 0 saturated carbocycles. The summed E-state index contributed by atoms with van der Waals surface area (Å²) < 4.78 is 5.47. The number of carbonyl (C=O) groups is 1. The number of carbonyl (C=O) groups excluding carboxylic acids is 1. The van der Waals surface area contributed by atoms with Gasteiger partial charge in [-0.1, -0.05) is 13.8 Å². The third-order valence-electron chi connectivity index (χ3n) is 3.11. The van der Waals surface area contributed by atoms with E-state index < -0.39 is 5.60 Å². The van der Waals surface area contributed by atoms with Crippen molar-refractivity contribution in [3.05, 3.63) is 11.1 Å². The summed E-state index contributed by atoms with van der Waals surface area (Å²) in [6, 6.07) is 0. The predicted molar refractivity (Wildman–Crippen MR) is 62.9 cm³/mol. The molecule has 0 radical (unpaired) electrons. The molecule has 1 aliphatic rings. The van der Waals surface area contributed by atoms with Crippen LogP contribution in [0.2, 0.25) is 0 Å². The van der Waals surface area contributed by atoms with Crippen LogP contribution in [0.1, 0.15) is 32.9 Å². The van der Waals surface area contributed by atoms with E-state index in [0.717, 1.165) is 5.69 Å². The fraction of sp³-hybridized carbons (Fsp3) is 0.636. The molecule has 0 amide bonds. The second-order valence-corrected chi connectivity index (χ2v) is 5.67. The fourth-order valence-electron chi connectivity index (χ4n) is 2.04. The average Bonchev–Trinajstić information content (AvgIpc) is 2.71. The number of nitrogens with two attached hydrogens (primary N) is 1. The molecule has 0 bridgehead atoms. The van der Waals surface area contributed by atoms with Crippen molar-refractivity contribution < 1.29 is 9.53 Å². The van der Waals surface area contributed by atoms with Gasteiger partial charge in [0.15, 0.2) is 10.7 Å². The maximum absolute atomic E-state index is 11.7. The van der Waals surface area contributed by atoms with Gasteiger partial charge in [-0.05, 0) is 12.8 Å². The first kappa shape index (κ1) is 11.4. The summed E-state index contributed by atoms with van der Waals surface area (Å²) in [6.07, 6.45) is 0.687. The van der Waals surface area contributed by atoms with Crippen molar-refractivity contribution in [2.75, 3.05) is 5.73 Å². The molecule has 5 heteroatoms. The molecule has 1 aromatic rings. The lowest BCUT2D eigenvalue weighted by atomic mass is 9.87. The Bertz CT molecular complexity index is 416. The van der Waals surface area contributed by atoms with E-state index >= 15 is 0 Å². The highest BCUT2D eigenvalue weighted by molar-refractivity contribution is 7.13. The van der Waals surface area contributed by atoms with E-state index in [0.29, 0.717) is 17.5 Å². The molecule has 2 heterocycles. The van der Waals surface area contributed by atoms with Crippen LogP contribution >= 0.6 is 11.3 Å². The number of hydrogen-bond acceptors (Lipinski definition) is 5. The van der Waals surface area contributed by atoms with Gasteiger partial charge >= 0.3 is 5.97 Å². The standard InChI is InChI=1S/C11H16N2O2S/c1-6(2)7-4-11(3,15-9(7)14)8-5-16-10(12)13-8/h5-7H,4H2,1-3H3,(H2,12,13)/t7-,11+/m1/s1. The summed E-state index contributed by atoms with van der Waals surface area (Å²) in [5, 5.41) is 2.38. The zero-order valence-corrected chi connectivity index (χ0v) is 10.5. The fourth-order valence-corrected chi connectivity index (χ4v) is 2.72. The topological polar surface area (TPSA) is 65.2 Å². The lowest BCUT2D eigenvalue weighted by molar-refractivity contribution is -0.151. The summed E-state index contributed by atoms with van der Waals surface area (Å²) in [4.78, 5) is 15.9. The van der Waals surface area contributed by atoms with Crippen LogP contribution in [0.15, 0.2) is 5.38 Å². The summed E-state index contributed by atoms with van der Waals surface area (Å²) in [5.41, 5.74) is 5.77. The molecule has 0 aromatic carbocycles. The van der Waals surface area contributed by atoms with E-state index in [1.807, 2.05) is 26.2 Å². The van der Waals surface area contributed by atoms with Crippen molar-refractivity contribution in [2.24, 2.45) is 11.8 Å². The monoisotopic (exact) mass is 240 g/mol. The number of rotatable bonds is 2. The molecule has 88 valence electrons. The Balaban J connectivity index is 2.26. The SMILES string of the molecule is CC(C)[C@H]1C[C@@](C)(c2csc(N)n2)OC1=O. The highest BCUT2D eigenvalue weighted by Gasteiger charge is 2.46. The highest BCUT2D eigenvalue weighted by atomic mass is 32.1. The van der Waals surface area contributed by atoms with Crippen LogP contribution in [-0.4, -0.2) is 11.0 Å². The van der Waals surface area contributed by atoms with Gasteiger partial charge in [0.25, 0.3) is 0 Å². The zero-order valence-electron chi connectivity index (χ0n) is 9.69. The Morgan fingerprint density at radius 3 is 2.81 bits per heavy atom. The number of esters is 1. The van der Waals surface area contributed by atoms with Gasteiger partial charge in [-0.15, -0.1) is 11.3 Å². The van der Waals surface area contributed by atoms with Crippen LogP contribution in [-0.2, 0) is 15.1 Å². The van der Waals surface area contributed by atoms with E-state index in [1.54, 1.807) is 0 Å². The normalized spacial score (nSPS) is 29.8. The van der Waals surface area contributed by atoms with Gasteiger partial charge in [0.1, 0.15) is 0 Å². The largest absolute Gasteiger partial charge is 0.453 e. The number of aromatic nitrogens is 1. The minimum atomic E-state index is -0.597. The summed E-state index contributed by atoms with van der Waals surface area (Å²) >= 11 is 1.38. The lowest BCUT2D eigenvalue weighted by Gasteiger charge is -2.20. The van der Waals surface area contributed by atoms with Gasteiger partial charge in [-0.3, -0.25) is 4.79 Å². The molecule has 1 aromatic heterocycles. The molecule has 0 unspecified atom stereocenters. The molecule has 16 heavy (non-hydrogen) atoms. The van der Waals surface area contributed by atoms with Crippen molar-refractivity contribution in [1.82, 2.24) is 4.98 Å². The summed E-state index contributed by atoms with van der Waals surface area (Å²) in [7, 11) is 0. The number of hydrogen-bond donors (Lipinski definition) is 1. The Morgan fingerprint density at radius 1 is 1.69 bits per heavy atom. The van der Waals surface area contributed by atoms with Crippen LogP contribution in [0.5, 0.6) is 0 Å². The molecule has 2 rings (SSSR count). The molecule has 0 spiro atoms. The molecular weight excluding hydrogens is 224 g/mol. The van der Waals surface area contributed by atoms with Crippen molar-refractivity contribution in [2.45, 2.75) is 32.8 Å². The van der Waals surface area contributed by atoms with E-state index in [9.17, 15) is 4.79 Å². The van der Waals surface area contributed by atoms with Crippen LogP contribution in [0.25, 0.3) is 0 Å². The first-order valence-corrected chi connectivity index (χ1v) is 6.24. The minimum absolute atomic E-state index is 0.0343. The quantitative estimate of drug-likeness (QED) is 0.804. The Morgan fingerprint density at radius 2 is 2.38 bits per heavy atom. The second-order valence-electron chi connectivity index (χ2n) is 4.78. The van der Waals surface area contributed by atoms with E-state index in [4.69, 9.17) is 10.5 Å². The maximum atomic E-state index is 11.7. The van der Waals surface area contributed by atoms with Crippen molar-refractivity contribution >= 4 is 22.4 Å². The number of ether oxygens (including phenoxy) is 1. The van der Waals surface area contributed by atoms with Crippen LogP contribution < -0.4 is 5.73 Å². The smallest absolute Gasteiger partial charge is 0.310 e. The first-order valence-electron chi connectivity index (χ1n) is 5.37. The Kier molecular flexibility index (Phi) is 2.66. The molecule has 4 nitrogen and oxygen atoms in total. The van der Waals surface area contributed by atoms with Gasteiger partial charge in [-0.25, -0.2) is 4.98 Å². The molecule has 0 aliphatic carbocycles. The van der Waals surface area contributed by atoms with Gasteiger partial charge in [0.05, 0.1) is 11.6 Å². The molecule has 2 N–H and O–H groups in total. The average molecular weight is 240 g/mol. The molecule has 1 fully saturated rings. The Labute approximate surface area is 98.8 Å². The number of nitrogens with zero attached hydrogens (tertiary/aromatic N) is 1.